The van der Waals surface area contributed by atoms with Crippen LogP contribution in [0.25, 0.3) is 11.1 Å². The largest absolute Gasteiger partial charge is 0.497 e. The highest BCUT2D eigenvalue weighted by Crippen LogP contribution is 2.30. The van der Waals surface area contributed by atoms with Gasteiger partial charge in [0.25, 0.3) is 5.56 Å². The lowest BCUT2D eigenvalue weighted by molar-refractivity contribution is 0.411. The minimum atomic E-state index is -4.46. The highest BCUT2D eigenvalue weighted by Gasteiger charge is 2.31. The number of rotatable bonds is 9. The van der Waals surface area contributed by atoms with E-state index in [-0.39, 0.29) is 4.90 Å². The van der Waals surface area contributed by atoms with Gasteiger partial charge in [0.2, 0.25) is 21.7 Å². The number of hydrogen-bond donors (Lipinski definition) is 1. The fourth-order valence-electron chi connectivity index (χ4n) is 4.48. The van der Waals surface area contributed by atoms with Crippen LogP contribution in [0.15, 0.2) is 75.4 Å². The summed E-state index contributed by atoms with van der Waals surface area (Å²) in [6.45, 7) is 5.34. The summed E-state index contributed by atoms with van der Waals surface area (Å²) < 4.78 is 47.8. The Morgan fingerprint density at radius 2 is 1.74 bits per heavy atom. The first kappa shape index (κ1) is 28.0. The van der Waals surface area contributed by atoms with Crippen molar-refractivity contribution in [2.24, 2.45) is 0 Å². The van der Waals surface area contributed by atoms with E-state index in [4.69, 9.17) is 4.74 Å². The SMILES string of the molecule is CCCCc1nc(O)c(S(=O)(=O)c2ccc(-c3ccnc(F)c3C)cc2)c(=O)n1[C@@H](C)c1ccc(OC)cc1. The zero-order valence-corrected chi connectivity index (χ0v) is 23.0. The van der Waals surface area contributed by atoms with Crippen LogP contribution in [0.4, 0.5) is 4.39 Å². The topological polar surface area (TPSA) is 111 Å². The van der Waals surface area contributed by atoms with Crippen LogP contribution in [0, 0.1) is 12.9 Å². The second-order valence-electron chi connectivity index (χ2n) is 9.21. The lowest BCUT2D eigenvalue weighted by Crippen LogP contribution is -2.32. The summed E-state index contributed by atoms with van der Waals surface area (Å²) in [4.78, 5) is 20.6. The molecule has 4 rings (SSSR count). The molecule has 0 aliphatic rings. The first-order valence-electron chi connectivity index (χ1n) is 12.5. The van der Waals surface area contributed by atoms with Crippen LogP contribution in [0.3, 0.4) is 0 Å². The third-order valence-corrected chi connectivity index (χ3v) is 8.54. The summed E-state index contributed by atoms with van der Waals surface area (Å²) >= 11 is 0. The molecule has 0 bridgehead atoms. The van der Waals surface area contributed by atoms with Crippen molar-refractivity contribution in [3.63, 3.8) is 0 Å². The van der Waals surface area contributed by atoms with Crippen LogP contribution in [0.1, 0.15) is 49.7 Å². The van der Waals surface area contributed by atoms with Crippen molar-refractivity contribution in [2.75, 3.05) is 7.11 Å². The van der Waals surface area contributed by atoms with Crippen molar-refractivity contribution in [1.29, 1.82) is 0 Å². The van der Waals surface area contributed by atoms with Gasteiger partial charge in [-0.3, -0.25) is 9.36 Å². The molecule has 0 aliphatic heterocycles. The van der Waals surface area contributed by atoms with Gasteiger partial charge in [-0.2, -0.15) is 9.37 Å². The molecule has 0 unspecified atom stereocenters. The van der Waals surface area contributed by atoms with Gasteiger partial charge in [0.1, 0.15) is 11.6 Å². The maximum absolute atomic E-state index is 13.9. The van der Waals surface area contributed by atoms with E-state index >= 15 is 0 Å². The number of nitrogens with zero attached hydrogens (tertiary/aromatic N) is 3. The number of aromatic nitrogens is 3. The number of hydrogen-bond acceptors (Lipinski definition) is 7. The van der Waals surface area contributed by atoms with Crippen molar-refractivity contribution in [1.82, 2.24) is 14.5 Å². The number of halogens is 1. The maximum atomic E-state index is 13.9. The van der Waals surface area contributed by atoms with Crippen molar-refractivity contribution in [3.05, 3.63) is 94.0 Å². The Morgan fingerprint density at radius 3 is 2.36 bits per heavy atom. The molecule has 0 aliphatic carbocycles. The second-order valence-corrected chi connectivity index (χ2v) is 11.1. The van der Waals surface area contributed by atoms with Gasteiger partial charge in [-0.15, -0.1) is 0 Å². The van der Waals surface area contributed by atoms with Gasteiger partial charge in [0.05, 0.1) is 18.0 Å². The summed E-state index contributed by atoms with van der Waals surface area (Å²) in [5.74, 6) is -0.507. The van der Waals surface area contributed by atoms with Gasteiger partial charge < -0.3 is 9.84 Å². The Bertz CT molecular complexity index is 1650. The number of aromatic hydroxyl groups is 1. The van der Waals surface area contributed by atoms with Crippen molar-refractivity contribution < 1.29 is 22.7 Å². The van der Waals surface area contributed by atoms with E-state index < -0.39 is 38.2 Å². The number of methoxy groups -OCH3 is 1. The maximum Gasteiger partial charge on any atom is 0.277 e. The zero-order valence-electron chi connectivity index (χ0n) is 22.2. The van der Waals surface area contributed by atoms with E-state index in [9.17, 15) is 22.7 Å². The van der Waals surface area contributed by atoms with Gasteiger partial charge in [0.15, 0.2) is 4.90 Å². The molecule has 1 N–H and O–H groups in total. The van der Waals surface area contributed by atoms with E-state index in [1.807, 2.05) is 6.92 Å². The monoisotopic (exact) mass is 551 g/mol. The minimum Gasteiger partial charge on any atom is -0.497 e. The zero-order chi connectivity index (χ0) is 28.3. The Morgan fingerprint density at radius 1 is 1.08 bits per heavy atom. The fraction of sp³-hybridized carbons (Fsp3) is 0.276. The van der Waals surface area contributed by atoms with E-state index in [1.165, 1.54) is 35.0 Å². The smallest absolute Gasteiger partial charge is 0.277 e. The molecule has 2 aromatic carbocycles. The fourth-order valence-corrected chi connectivity index (χ4v) is 5.83. The van der Waals surface area contributed by atoms with Gasteiger partial charge in [-0.25, -0.2) is 13.4 Å². The molecular formula is C29H30FN3O5S. The molecule has 0 saturated heterocycles. The Hall–Kier alpha value is -4.05. The Labute approximate surface area is 226 Å². The molecule has 39 heavy (non-hydrogen) atoms. The van der Waals surface area contributed by atoms with E-state index in [2.05, 4.69) is 9.97 Å². The van der Waals surface area contributed by atoms with Gasteiger partial charge in [-0.1, -0.05) is 37.6 Å². The molecule has 0 saturated carbocycles. The lowest BCUT2D eigenvalue weighted by atomic mass is 10.0. The summed E-state index contributed by atoms with van der Waals surface area (Å²) in [5.41, 5.74) is 1.36. The number of pyridine rings is 1. The van der Waals surface area contributed by atoms with E-state index in [0.717, 1.165) is 12.0 Å². The molecular weight excluding hydrogens is 521 g/mol. The van der Waals surface area contributed by atoms with Crippen LogP contribution in [-0.4, -0.2) is 35.2 Å². The molecule has 2 aromatic heterocycles. The predicted molar refractivity (Wildman–Crippen MR) is 145 cm³/mol. The van der Waals surface area contributed by atoms with Gasteiger partial charge in [-0.05, 0) is 67.3 Å². The summed E-state index contributed by atoms with van der Waals surface area (Å²) in [6, 6.07) is 13.9. The van der Waals surface area contributed by atoms with Gasteiger partial charge >= 0.3 is 0 Å². The van der Waals surface area contributed by atoms with E-state index in [0.29, 0.717) is 41.1 Å². The number of ether oxygens (including phenoxy) is 1. The molecule has 2 heterocycles. The highest BCUT2D eigenvalue weighted by atomic mass is 32.2. The molecule has 0 fully saturated rings. The summed E-state index contributed by atoms with van der Waals surface area (Å²) in [5, 5.41) is 10.7. The molecule has 8 nitrogen and oxygen atoms in total. The molecule has 0 radical (unpaired) electrons. The number of sulfone groups is 1. The standard InChI is InChI=1S/C29H30FN3O5S/c1-5-6-7-25-32-28(34)26(29(35)33(25)19(3)20-8-12-22(38-4)13-9-20)39(36,37)23-14-10-21(11-15-23)24-16-17-31-27(30)18(24)2/h8-17,19,34H,5-7H2,1-4H3/t19-/m0/s1. The molecule has 1 atom stereocenters. The molecule has 204 valence electrons. The average molecular weight is 552 g/mol. The van der Waals surface area contributed by atoms with Gasteiger partial charge in [0, 0.05) is 18.2 Å². The average Bonchev–Trinajstić information content (AvgIpc) is 2.93. The normalized spacial score (nSPS) is 12.3. The van der Waals surface area contributed by atoms with Crippen LogP contribution in [0.2, 0.25) is 0 Å². The van der Waals surface area contributed by atoms with Crippen LogP contribution >= 0.6 is 0 Å². The van der Waals surface area contributed by atoms with Crippen LogP contribution < -0.4 is 10.3 Å². The number of unbranched alkanes of at least 4 members (excludes halogenated alkanes) is 1. The summed E-state index contributed by atoms with van der Waals surface area (Å²) in [6.07, 6.45) is 3.24. The Balaban J connectivity index is 1.83. The number of aryl methyl sites for hydroxylation is 1. The first-order chi connectivity index (χ1) is 18.6. The Kier molecular flexibility index (Phi) is 8.15. The quantitative estimate of drug-likeness (QED) is 0.283. The van der Waals surface area contributed by atoms with Crippen molar-refractivity contribution in [3.8, 4) is 22.8 Å². The molecule has 0 spiro atoms. The third-order valence-electron chi connectivity index (χ3n) is 6.76. The highest BCUT2D eigenvalue weighted by molar-refractivity contribution is 7.91. The van der Waals surface area contributed by atoms with Crippen molar-refractivity contribution >= 4 is 9.84 Å². The van der Waals surface area contributed by atoms with Crippen LogP contribution in [-0.2, 0) is 16.3 Å². The first-order valence-corrected chi connectivity index (χ1v) is 14.0. The summed E-state index contributed by atoms with van der Waals surface area (Å²) in [7, 11) is -2.90. The molecule has 10 heteroatoms. The van der Waals surface area contributed by atoms with E-state index in [1.54, 1.807) is 51.3 Å². The number of benzene rings is 2. The molecule has 4 aromatic rings. The molecule has 0 amide bonds. The third kappa shape index (κ3) is 5.42. The predicted octanol–water partition coefficient (Wildman–Crippen LogP) is 5.25. The lowest BCUT2D eigenvalue weighted by Gasteiger charge is -2.21. The van der Waals surface area contributed by atoms with Crippen molar-refractivity contribution in [2.45, 2.75) is 55.9 Å². The van der Waals surface area contributed by atoms with Crippen LogP contribution in [0.5, 0.6) is 11.6 Å². The second kappa shape index (κ2) is 11.4. The minimum absolute atomic E-state index is 0.197.